The molecule has 11 heteroatoms. The first-order chi connectivity index (χ1) is 10.5. The average Bonchev–Trinajstić information content (AvgIpc) is 2.40. The molecule has 0 radical (unpaired) electrons. The Labute approximate surface area is 133 Å². The minimum atomic E-state index is -4.25. The predicted octanol–water partition coefficient (Wildman–Crippen LogP) is 0.729. The lowest BCUT2D eigenvalue weighted by molar-refractivity contribution is -0.138. The number of hydrogen-bond donors (Lipinski definition) is 3. The van der Waals surface area contributed by atoms with E-state index in [1.165, 1.54) is 0 Å². The lowest BCUT2D eigenvalue weighted by Crippen LogP contribution is -2.38. The molecule has 130 valence electrons. The molecule has 1 aromatic rings. The molecule has 0 bridgehead atoms. The molecule has 0 aliphatic heterocycles. The molecule has 3 N–H and O–H groups in total. The molecule has 0 heterocycles. The van der Waals surface area contributed by atoms with Crippen LogP contribution < -0.4 is 9.44 Å². The summed E-state index contributed by atoms with van der Waals surface area (Å²) in [5.41, 5.74) is -0.385. The lowest BCUT2D eigenvalue weighted by atomic mass is 10.3. The summed E-state index contributed by atoms with van der Waals surface area (Å²) in [5, 5.41) is 8.69. The summed E-state index contributed by atoms with van der Waals surface area (Å²) in [6.07, 6.45) is 0.334. The number of anilines is 1. The second-order valence-corrected chi connectivity index (χ2v) is 8.30. The van der Waals surface area contributed by atoms with Gasteiger partial charge in [-0.15, -0.1) is 0 Å². The van der Waals surface area contributed by atoms with Gasteiger partial charge in [0.25, 0.3) is 0 Å². The first-order valence-electron chi connectivity index (χ1n) is 6.53. The number of benzene rings is 1. The van der Waals surface area contributed by atoms with E-state index in [4.69, 9.17) is 5.11 Å². The summed E-state index contributed by atoms with van der Waals surface area (Å²) in [6, 6.07) is 1.15. The third-order valence-corrected chi connectivity index (χ3v) is 5.71. The van der Waals surface area contributed by atoms with Gasteiger partial charge in [0.05, 0.1) is 16.3 Å². The molecule has 8 nitrogen and oxygen atoms in total. The van der Waals surface area contributed by atoms with E-state index >= 15 is 0 Å². The van der Waals surface area contributed by atoms with Crippen LogP contribution in [0.4, 0.5) is 10.1 Å². The fraction of sp³-hybridized carbons (Fsp3) is 0.417. The van der Waals surface area contributed by atoms with Crippen molar-refractivity contribution in [2.75, 3.05) is 10.5 Å². The predicted molar refractivity (Wildman–Crippen MR) is 81.5 cm³/mol. The van der Waals surface area contributed by atoms with Crippen LogP contribution in [0.5, 0.6) is 0 Å². The Hall–Kier alpha value is -1.72. The third kappa shape index (κ3) is 5.44. The highest BCUT2D eigenvalue weighted by atomic mass is 32.2. The van der Waals surface area contributed by atoms with Crippen LogP contribution in [-0.2, 0) is 24.8 Å². The van der Waals surface area contributed by atoms with Gasteiger partial charge in [0.2, 0.25) is 20.0 Å². The van der Waals surface area contributed by atoms with Crippen molar-refractivity contribution < 1.29 is 31.1 Å². The average molecular weight is 368 g/mol. The van der Waals surface area contributed by atoms with Crippen molar-refractivity contribution in [1.29, 1.82) is 0 Å². The minimum absolute atomic E-state index is 0.204. The normalized spacial score (nSPS) is 13.5. The molecule has 0 aliphatic rings. The second-order valence-electron chi connectivity index (χ2n) is 4.74. The van der Waals surface area contributed by atoms with Gasteiger partial charge in [-0.2, -0.15) is 4.72 Å². The van der Waals surface area contributed by atoms with E-state index in [1.807, 2.05) is 9.44 Å². The molecule has 0 saturated carbocycles. The van der Waals surface area contributed by atoms with Gasteiger partial charge in [0.15, 0.2) is 0 Å². The maximum absolute atomic E-state index is 13.9. The van der Waals surface area contributed by atoms with Gasteiger partial charge < -0.3 is 5.11 Å². The number of hydrogen-bond acceptors (Lipinski definition) is 5. The van der Waals surface area contributed by atoms with Crippen molar-refractivity contribution in [2.45, 2.75) is 31.2 Å². The molecule has 0 saturated heterocycles. The van der Waals surface area contributed by atoms with Crippen molar-refractivity contribution in [2.24, 2.45) is 0 Å². The van der Waals surface area contributed by atoms with Gasteiger partial charge in [0, 0.05) is 0 Å². The van der Waals surface area contributed by atoms with Crippen LogP contribution in [0.15, 0.2) is 23.1 Å². The van der Waals surface area contributed by atoms with E-state index < -0.39 is 42.8 Å². The molecule has 0 aromatic heterocycles. The zero-order chi connectivity index (χ0) is 17.8. The number of carbonyl (C=O) groups is 1. The molecule has 0 unspecified atom stereocenters. The summed E-state index contributed by atoms with van der Waals surface area (Å²) in [4.78, 5) is 10.2. The van der Waals surface area contributed by atoms with Crippen molar-refractivity contribution in [3.63, 3.8) is 0 Å². The number of nitrogens with one attached hydrogen (secondary N) is 2. The van der Waals surface area contributed by atoms with E-state index in [2.05, 4.69) is 0 Å². The molecule has 0 amide bonds. The SMILES string of the molecule is CCCS(=O)(=O)Nc1ccc(S(=O)(=O)N[C@@H](C)C(=O)O)cc1F. The molecule has 0 aliphatic carbocycles. The van der Waals surface area contributed by atoms with Crippen molar-refractivity contribution in [1.82, 2.24) is 4.72 Å². The number of aliphatic carboxylic acids is 1. The van der Waals surface area contributed by atoms with Crippen molar-refractivity contribution in [3.8, 4) is 0 Å². The molecule has 1 aromatic carbocycles. The quantitative estimate of drug-likeness (QED) is 0.620. The maximum Gasteiger partial charge on any atom is 0.321 e. The number of rotatable bonds is 8. The van der Waals surface area contributed by atoms with E-state index in [9.17, 15) is 26.0 Å². The standard InChI is InChI=1S/C12H17FN2O6S2/c1-3-6-22(18,19)15-11-5-4-9(7-10(11)13)23(20,21)14-8(2)12(16)17/h4-5,7-8,14-15H,3,6H2,1-2H3,(H,16,17)/t8-/m0/s1. The van der Waals surface area contributed by atoms with E-state index in [1.54, 1.807) is 6.92 Å². The molecule has 1 atom stereocenters. The van der Waals surface area contributed by atoms with E-state index in [0.29, 0.717) is 12.5 Å². The molecular formula is C12H17FN2O6S2. The first kappa shape index (κ1) is 19.3. The van der Waals surface area contributed by atoms with Gasteiger partial charge >= 0.3 is 5.97 Å². The summed E-state index contributed by atoms with van der Waals surface area (Å²) in [6.45, 7) is 2.75. The fourth-order valence-electron chi connectivity index (χ4n) is 1.58. The van der Waals surface area contributed by atoms with Gasteiger partial charge in [-0.25, -0.2) is 21.2 Å². The third-order valence-electron chi connectivity index (χ3n) is 2.69. The highest BCUT2D eigenvalue weighted by molar-refractivity contribution is 7.92. The van der Waals surface area contributed by atoms with Gasteiger partial charge in [-0.05, 0) is 31.5 Å². The Balaban J connectivity index is 3.06. The van der Waals surface area contributed by atoms with Gasteiger partial charge in [0.1, 0.15) is 11.9 Å². The lowest BCUT2D eigenvalue weighted by Gasteiger charge is -2.12. The Morgan fingerprint density at radius 1 is 1.30 bits per heavy atom. The van der Waals surface area contributed by atoms with Crippen LogP contribution in [-0.4, -0.2) is 39.7 Å². The Bertz CT molecular complexity index is 792. The number of halogens is 1. The van der Waals surface area contributed by atoms with Gasteiger partial charge in [-0.1, -0.05) is 6.92 Å². The molecular weight excluding hydrogens is 351 g/mol. The van der Waals surface area contributed by atoms with Gasteiger partial charge in [-0.3, -0.25) is 9.52 Å². The molecule has 0 fully saturated rings. The second kappa shape index (κ2) is 7.23. The summed E-state index contributed by atoms with van der Waals surface area (Å²) < 4.78 is 64.8. The highest BCUT2D eigenvalue weighted by Crippen LogP contribution is 2.20. The van der Waals surface area contributed by atoms with Crippen LogP contribution in [0.25, 0.3) is 0 Å². The zero-order valence-electron chi connectivity index (χ0n) is 12.4. The first-order valence-corrected chi connectivity index (χ1v) is 9.67. The molecule has 23 heavy (non-hydrogen) atoms. The van der Waals surface area contributed by atoms with Crippen LogP contribution in [0.2, 0.25) is 0 Å². The maximum atomic E-state index is 13.9. The smallest absolute Gasteiger partial charge is 0.321 e. The monoisotopic (exact) mass is 368 g/mol. The minimum Gasteiger partial charge on any atom is -0.480 e. The van der Waals surface area contributed by atoms with E-state index in [0.717, 1.165) is 19.1 Å². The summed E-state index contributed by atoms with van der Waals surface area (Å²) in [7, 11) is -7.96. The Kier molecular flexibility index (Phi) is 6.08. The van der Waals surface area contributed by atoms with Crippen LogP contribution in [0.1, 0.15) is 20.3 Å². The molecule has 0 spiro atoms. The summed E-state index contributed by atoms with van der Waals surface area (Å²) >= 11 is 0. The summed E-state index contributed by atoms with van der Waals surface area (Å²) in [5.74, 6) is -2.68. The van der Waals surface area contributed by atoms with Crippen LogP contribution in [0, 0.1) is 5.82 Å². The van der Waals surface area contributed by atoms with Crippen LogP contribution >= 0.6 is 0 Å². The van der Waals surface area contributed by atoms with Crippen molar-refractivity contribution >= 4 is 31.7 Å². The Morgan fingerprint density at radius 2 is 1.91 bits per heavy atom. The zero-order valence-corrected chi connectivity index (χ0v) is 14.0. The Morgan fingerprint density at radius 3 is 2.39 bits per heavy atom. The number of sulfonamides is 2. The molecule has 1 rings (SSSR count). The fourth-order valence-corrected chi connectivity index (χ4v) is 3.93. The highest BCUT2D eigenvalue weighted by Gasteiger charge is 2.23. The van der Waals surface area contributed by atoms with Crippen molar-refractivity contribution in [3.05, 3.63) is 24.0 Å². The largest absolute Gasteiger partial charge is 0.480 e. The van der Waals surface area contributed by atoms with E-state index in [-0.39, 0.29) is 11.4 Å². The number of carboxylic acids is 1. The number of carboxylic acid groups (broad SMARTS) is 1. The topological polar surface area (TPSA) is 130 Å². The van der Waals surface area contributed by atoms with Crippen LogP contribution in [0.3, 0.4) is 0 Å².